The Morgan fingerprint density at radius 3 is 1.25 bits per heavy atom. The molecule has 28 heteroatoms. The van der Waals surface area contributed by atoms with Crippen LogP contribution in [-0.2, 0) is 29.4 Å². The molecule has 6 amide bonds. The van der Waals surface area contributed by atoms with Crippen LogP contribution in [0.5, 0.6) is 0 Å². The van der Waals surface area contributed by atoms with E-state index in [4.69, 9.17) is 23.9 Å². The Hall–Kier alpha value is -4.94. The number of unbranched alkanes of at least 4 members (excludes halogenated alkanes) is 4. The lowest BCUT2D eigenvalue weighted by atomic mass is 9.75. The lowest BCUT2D eigenvalue weighted by Gasteiger charge is -2.39. The van der Waals surface area contributed by atoms with Gasteiger partial charge >= 0.3 is 28.5 Å². The summed E-state index contributed by atoms with van der Waals surface area (Å²) in [6, 6.07) is 2.88. The molecular formula is C57H91N11O15S2. The van der Waals surface area contributed by atoms with E-state index in [1.165, 1.54) is 91.8 Å². The number of nitrogens with zero attached hydrogens (tertiary/aromatic N) is 10. The van der Waals surface area contributed by atoms with Crippen molar-refractivity contribution in [3.8, 4) is 0 Å². The molecule has 4 N–H and O–H groups in total. The number of piperidine rings is 3. The van der Waals surface area contributed by atoms with Gasteiger partial charge in [-0.05, 0) is 115 Å². The number of hydrogen-bond acceptors (Lipinski definition) is 18. The Labute approximate surface area is 500 Å². The lowest BCUT2D eigenvalue weighted by molar-refractivity contribution is -0.929. The molecule has 12 rings (SSSR count). The third kappa shape index (κ3) is 15.3. The van der Waals surface area contributed by atoms with Crippen molar-refractivity contribution in [2.45, 2.75) is 230 Å². The predicted molar refractivity (Wildman–Crippen MR) is 305 cm³/mol. The number of nitrogens with two attached hydrogens (primary N) is 1. The van der Waals surface area contributed by atoms with E-state index in [1.807, 2.05) is 18.2 Å². The van der Waals surface area contributed by atoms with Crippen molar-refractivity contribution in [2.75, 3.05) is 45.8 Å². The number of fused-ring (bicyclic) bond motifs is 6. The summed E-state index contributed by atoms with van der Waals surface area (Å²) in [6.07, 6.45) is 21.2. The molecule has 0 unspecified atom stereocenters. The van der Waals surface area contributed by atoms with Crippen LogP contribution in [0.25, 0.3) is 0 Å². The maximum Gasteiger partial charge on any atom is 0.418 e. The number of carbonyl (C=O) groups excluding carboxylic acids is 3. The first-order chi connectivity index (χ1) is 40.5. The highest BCUT2D eigenvalue weighted by Crippen LogP contribution is 2.46. The van der Waals surface area contributed by atoms with Crippen LogP contribution >= 0.6 is 0 Å². The van der Waals surface area contributed by atoms with E-state index in [9.17, 15) is 41.0 Å². The summed E-state index contributed by atoms with van der Waals surface area (Å²) < 4.78 is 89.5. The molecule has 6 atom stereocenters. The van der Waals surface area contributed by atoms with Gasteiger partial charge in [-0.3, -0.25) is 9.76 Å². The van der Waals surface area contributed by atoms with Gasteiger partial charge in [-0.2, -0.15) is 22.8 Å². The highest BCUT2D eigenvalue weighted by atomic mass is 32.3. The topological polar surface area (TPSA) is 325 Å². The maximum absolute atomic E-state index is 12.4. The molecule has 476 valence electrons. The summed E-state index contributed by atoms with van der Waals surface area (Å²) in [6.45, 7) is 20.7. The summed E-state index contributed by atoms with van der Waals surface area (Å²) >= 11 is 0. The van der Waals surface area contributed by atoms with Gasteiger partial charge in [0.05, 0.1) is 62.4 Å². The van der Waals surface area contributed by atoms with E-state index in [0.29, 0.717) is 79.5 Å². The number of rotatable bonds is 22. The van der Waals surface area contributed by atoms with Crippen LogP contribution in [-0.4, -0.2) is 169 Å². The van der Waals surface area contributed by atoms with Crippen LogP contribution < -0.4 is 5.73 Å². The Morgan fingerprint density at radius 1 is 0.565 bits per heavy atom. The van der Waals surface area contributed by atoms with Gasteiger partial charge in [-0.15, -0.1) is 4.28 Å². The highest BCUT2D eigenvalue weighted by molar-refractivity contribution is 7.81. The minimum absolute atomic E-state index is 0.0501. The Kier molecular flexibility index (Phi) is 21.0. The number of urea groups is 3. The third-order valence-electron chi connectivity index (χ3n) is 19.1. The molecule has 0 aromatic carbocycles. The molecule has 3 aromatic heterocycles. The average molecular weight is 1230 g/mol. The lowest BCUT2D eigenvalue weighted by Crippen LogP contribution is -2.50. The number of amides is 6. The summed E-state index contributed by atoms with van der Waals surface area (Å²) in [7, 11) is -9.71. The molecule has 26 nitrogen and oxygen atoms in total. The minimum atomic E-state index is -4.98. The van der Waals surface area contributed by atoms with Gasteiger partial charge < -0.3 is 43.0 Å². The van der Waals surface area contributed by atoms with Crippen molar-refractivity contribution in [1.29, 1.82) is 0 Å². The molecule has 6 bridgehead atoms. The largest absolute Gasteiger partial charge is 0.724 e. The molecule has 85 heavy (non-hydrogen) atoms. The fraction of sp³-hybridized carbons (Fsp3) is 0.789. The van der Waals surface area contributed by atoms with Gasteiger partial charge in [-0.1, -0.05) is 82.7 Å². The average Bonchev–Trinajstić information content (AvgIpc) is 1.80. The van der Waals surface area contributed by atoms with E-state index >= 15 is 0 Å². The van der Waals surface area contributed by atoms with Crippen LogP contribution in [0.4, 0.5) is 14.4 Å². The quantitative estimate of drug-likeness (QED) is 0.0364. The fourth-order valence-electron chi connectivity index (χ4n) is 14.0. The van der Waals surface area contributed by atoms with E-state index in [-0.39, 0.29) is 42.2 Å². The van der Waals surface area contributed by atoms with Gasteiger partial charge in [0.25, 0.3) is 0 Å². The van der Waals surface area contributed by atoms with Crippen LogP contribution in [0.3, 0.4) is 0 Å². The molecule has 0 spiro atoms. The SMILES string of the molecule is CC1CC(c2cc([C@@H]3CC[C@@H]4CN3C(=O)N4O)no2)C1.CC1CC(c2cc([C@@H]3CC[C@@H]4CN3C(=O)N4OS(=O)(=O)[O-])no2)C1.CCCC[N+](CCCC)(CCCC)CCCC.NC1CC(c2cc([C@@H]3CC[C@@H]4CN3C(=O)N4OS(=O)(=O)O)no2)C1. The van der Waals surface area contributed by atoms with Gasteiger partial charge in [-0.25, -0.2) is 27.9 Å². The first kappa shape index (κ1) is 64.5. The normalized spacial score (nSPS) is 29.6. The van der Waals surface area contributed by atoms with Crippen LogP contribution in [0, 0.1) is 11.8 Å². The summed E-state index contributed by atoms with van der Waals surface area (Å²) in [5.41, 5.74) is 7.93. The summed E-state index contributed by atoms with van der Waals surface area (Å²) in [5, 5.41) is 24.3. The van der Waals surface area contributed by atoms with Crippen LogP contribution in [0.2, 0.25) is 0 Å². The smallest absolute Gasteiger partial charge is 0.418 e. The van der Waals surface area contributed by atoms with Crippen molar-refractivity contribution >= 4 is 38.9 Å². The molecule has 6 aliphatic heterocycles. The first-order valence-electron chi connectivity index (χ1n) is 31.3. The van der Waals surface area contributed by atoms with Crippen molar-refractivity contribution in [3.05, 3.63) is 52.6 Å². The zero-order valence-corrected chi connectivity index (χ0v) is 52.0. The monoisotopic (exact) mass is 1230 g/mol. The van der Waals surface area contributed by atoms with Crippen LogP contribution in [0.15, 0.2) is 31.8 Å². The Balaban J connectivity index is 0.000000137. The number of hydroxylamine groups is 6. The number of quaternary nitrogens is 1. The zero-order chi connectivity index (χ0) is 61.0. The Morgan fingerprint density at radius 2 is 0.906 bits per heavy atom. The van der Waals surface area contributed by atoms with E-state index in [1.54, 1.807) is 4.90 Å². The van der Waals surface area contributed by atoms with Gasteiger partial charge in [0.1, 0.15) is 34.4 Å². The molecule has 9 aliphatic rings. The van der Waals surface area contributed by atoms with Crippen LogP contribution in [0.1, 0.15) is 240 Å². The molecular weight excluding hydrogens is 1140 g/mol. The summed E-state index contributed by atoms with van der Waals surface area (Å²) in [5.74, 6) is 5.17. The predicted octanol–water partition coefficient (Wildman–Crippen LogP) is 9.60. The zero-order valence-electron chi connectivity index (χ0n) is 50.3. The second-order valence-electron chi connectivity index (χ2n) is 25.6. The summed E-state index contributed by atoms with van der Waals surface area (Å²) in [4.78, 5) is 41.4. The molecule has 6 saturated heterocycles. The first-order valence-corrected chi connectivity index (χ1v) is 34.0. The van der Waals surface area contributed by atoms with Gasteiger partial charge in [0, 0.05) is 61.6 Å². The van der Waals surface area contributed by atoms with Crippen molar-refractivity contribution < 1.29 is 72.2 Å². The second kappa shape index (κ2) is 27.6. The van der Waals surface area contributed by atoms with E-state index < -0.39 is 44.9 Å². The van der Waals surface area contributed by atoms with Crippen molar-refractivity contribution in [2.24, 2.45) is 17.6 Å². The minimum Gasteiger partial charge on any atom is -0.724 e. The van der Waals surface area contributed by atoms with Gasteiger partial charge in [0.2, 0.25) is 10.4 Å². The van der Waals surface area contributed by atoms with E-state index in [0.717, 1.165) is 90.4 Å². The number of aromatic nitrogens is 3. The fourth-order valence-corrected chi connectivity index (χ4v) is 14.8. The number of hydrogen-bond donors (Lipinski definition) is 3. The third-order valence-corrected chi connectivity index (χ3v) is 19.8. The molecule has 0 radical (unpaired) electrons. The van der Waals surface area contributed by atoms with E-state index in [2.05, 4.69) is 65.6 Å². The molecule has 9 heterocycles. The molecule has 3 saturated carbocycles. The molecule has 9 fully saturated rings. The highest BCUT2D eigenvalue weighted by Gasteiger charge is 2.51. The van der Waals surface area contributed by atoms with Gasteiger partial charge in [0.15, 0.2) is 0 Å². The second-order valence-corrected chi connectivity index (χ2v) is 27.6. The number of carbonyl (C=O) groups is 3. The standard InChI is InChI=1S/C16H36N.C14H19N3O6S.C14H19N3O3.C13H18N4O6S/c1-5-9-13-17(14-10-6-2,15-11-7-3)16-12-8-4;1-8-4-9(5-8)13-6-11(15-22-13)12-3-2-10-7-16(12)14(18)17(10)23-24(19,20)21;1-8-4-9(5-8)13-6-11(15-20-13)12-3-2-10-7-16(12)14(18)17(10)19;14-8-3-7(4-8)12-5-10(15-22-12)11-2-1-9-6-16(11)13(18)17(9)23-24(19,20)21/h5-16H2,1-4H3;6,8-10,12H,2-5,7H2,1H3,(H,19,20,21);6,8-10,12,19H,2-5,7H2,1H3;5,7-9,11H,1-4,6,14H2,(H,19,20,21)/q+1;;;/p-1/t;2*8?,9?,10-,12+;7?,8?,9-,11+/m.111/s1. The molecule has 3 aromatic rings. The molecule has 3 aliphatic carbocycles. The Bertz CT molecular complexity index is 2780. The van der Waals surface area contributed by atoms with Crippen molar-refractivity contribution in [1.82, 2.24) is 45.4 Å². The maximum atomic E-state index is 12.4. The van der Waals surface area contributed by atoms with Crippen molar-refractivity contribution in [3.63, 3.8) is 0 Å².